The number of hydrogen-bond donors (Lipinski definition) is 2. The Kier molecular flexibility index (Phi) is 5.12. The standard InChI is InChI=1S/C14H16ClN3O/c15-13-5-2-1-4-12(13)8-11(10-19)9-18-14-16-6-3-7-17-14/h1-7,11,19H,8-10H2,(H,16,17,18)/t11-/m0/s1. The first kappa shape index (κ1) is 13.8. The molecule has 0 aliphatic carbocycles. The number of benzene rings is 1. The normalized spacial score (nSPS) is 12.1. The van der Waals surface area contributed by atoms with Crippen molar-refractivity contribution in [2.45, 2.75) is 6.42 Å². The highest BCUT2D eigenvalue weighted by atomic mass is 35.5. The number of aliphatic hydroxyl groups excluding tert-OH is 1. The molecule has 1 atom stereocenters. The summed E-state index contributed by atoms with van der Waals surface area (Å²) < 4.78 is 0. The molecule has 1 heterocycles. The Morgan fingerprint density at radius 3 is 2.58 bits per heavy atom. The number of anilines is 1. The van der Waals surface area contributed by atoms with E-state index in [1.54, 1.807) is 18.5 Å². The van der Waals surface area contributed by atoms with Crippen molar-refractivity contribution in [3.05, 3.63) is 53.3 Å². The maximum absolute atomic E-state index is 9.43. The minimum absolute atomic E-state index is 0.0729. The van der Waals surface area contributed by atoms with E-state index in [0.29, 0.717) is 12.5 Å². The molecule has 0 unspecified atom stereocenters. The van der Waals surface area contributed by atoms with Gasteiger partial charge in [-0.3, -0.25) is 0 Å². The summed E-state index contributed by atoms with van der Waals surface area (Å²) in [5.74, 6) is 0.642. The van der Waals surface area contributed by atoms with Crippen molar-refractivity contribution in [1.82, 2.24) is 9.97 Å². The Morgan fingerprint density at radius 2 is 1.89 bits per heavy atom. The van der Waals surface area contributed by atoms with Crippen LogP contribution >= 0.6 is 11.6 Å². The van der Waals surface area contributed by atoms with Gasteiger partial charge in [-0.05, 0) is 24.1 Å². The summed E-state index contributed by atoms with van der Waals surface area (Å²) in [5.41, 5.74) is 1.04. The molecule has 2 aromatic rings. The fourth-order valence-electron chi connectivity index (χ4n) is 1.80. The molecule has 1 aromatic heterocycles. The van der Waals surface area contributed by atoms with Gasteiger partial charge in [0.15, 0.2) is 0 Å². The molecule has 5 heteroatoms. The first-order valence-corrected chi connectivity index (χ1v) is 6.52. The van der Waals surface area contributed by atoms with Crippen LogP contribution in [0.4, 0.5) is 5.95 Å². The van der Waals surface area contributed by atoms with E-state index in [2.05, 4.69) is 15.3 Å². The predicted molar refractivity (Wildman–Crippen MR) is 76.3 cm³/mol. The Labute approximate surface area is 117 Å². The topological polar surface area (TPSA) is 58.0 Å². The lowest BCUT2D eigenvalue weighted by molar-refractivity contribution is 0.232. The van der Waals surface area contributed by atoms with Crippen LogP contribution in [-0.2, 0) is 6.42 Å². The predicted octanol–water partition coefficient (Wildman–Crippen LogP) is 2.39. The monoisotopic (exact) mass is 277 g/mol. The number of rotatable bonds is 6. The van der Waals surface area contributed by atoms with Crippen molar-refractivity contribution in [2.75, 3.05) is 18.5 Å². The molecule has 2 N–H and O–H groups in total. The Morgan fingerprint density at radius 1 is 1.16 bits per heavy atom. The lowest BCUT2D eigenvalue weighted by Gasteiger charge is -2.15. The summed E-state index contributed by atoms with van der Waals surface area (Å²) in [7, 11) is 0. The van der Waals surface area contributed by atoms with Crippen LogP contribution in [0, 0.1) is 5.92 Å². The zero-order valence-electron chi connectivity index (χ0n) is 10.5. The van der Waals surface area contributed by atoms with Crippen LogP contribution in [0.2, 0.25) is 5.02 Å². The van der Waals surface area contributed by atoms with Crippen LogP contribution in [0.25, 0.3) is 0 Å². The number of nitrogens with zero attached hydrogens (tertiary/aromatic N) is 2. The number of aromatic nitrogens is 2. The average molecular weight is 278 g/mol. The number of nitrogens with one attached hydrogen (secondary N) is 1. The van der Waals surface area contributed by atoms with Crippen molar-refractivity contribution < 1.29 is 5.11 Å². The summed E-state index contributed by atoms with van der Waals surface area (Å²) in [5, 5.41) is 13.3. The second-order valence-electron chi connectivity index (χ2n) is 4.30. The maximum Gasteiger partial charge on any atom is 0.222 e. The van der Waals surface area contributed by atoms with Crippen molar-refractivity contribution >= 4 is 17.5 Å². The number of halogens is 1. The number of aliphatic hydroxyl groups is 1. The summed E-state index contributed by atoms with van der Waals surface area (Å²) in [6.45, 7) is 0.691. The molecule has 0 saturated heterocycles. The molecule has 0 aliphatic rings. The largest absolute Gasteiger partial charge is 0.396 e. The van der Waals surface area contributed by atoms with Gasteiger partial charge in [-0.2, -0.15) is 0 Å². The second kappa shape index (κ2) is 7.07. The summed E-state index contributed by atoms with van der Waals surface area (Å²) in [6, 6.07) is 9.45. The molecular weight excluding hydrogens is 262 g/mol. The summed E-state index contributed by atoms with van der Waals surface area (Å²) in [6.07, 6.45) is 4.07. The molecule has 0 aliphatic heterocycles. The van der Waals surface area contributed by atoms with Gasteiger partial charge in [-0.15, -0.1) is 0 Å². The molecule has 0 bridgehead atoms. The van der Waals surface area contributed by atoms with E-state index in [4.69, 9.17) is 11.6 Å². The lowest BCUT2D eigenvalue weighted by atomic mass is 10.00. The van der Waals surface area contributed by atoms with E-state index in [-0.39, 0.29) is 12.5 Å². The van der Waals surface area contributed by atoms with Crippen LogP contribution in [0.5, 0.6) is 0 Å². The van der Waals surface area contributed by atoms with E-state index in [9.17, 15) is 5.11 Å². The van der Waals surface area contributed by atoms with Gasteiger partial charge in [0.25, 0.3) is 0 Å². The molecule has 0 amide bonds. The first-order chi connectivity index (χ1) is 9.29. The van der Waals surface area contributed by atoms with Gasteiger partial charge in [0.05, 0.1) is 0 Å². The number of hydrogen-bond acceptors (Lipinski definition) is 4. The molecule has 0 fully saturated rings. The third-order valence-electron chi connectivity index (χ3n) is 2.84. The van der Waals surface area contributed by atoms with E-state index in [1.807, 2.05) is 24.3 Å². The van der Waals surface area contributed by atoms with Crippen LogP contribution < -0.4 is 5.32 Å². The molecule has 19 heavy (non-hydrogen) atoms. The van der Waals surface area contributed by atoms with E-state index in [1.165, 1.54) is 0 Å². The summed E-state index contributed by atoms with van der Waals surface area (Å²) in [4.78, 5) is 8.16. The first-order valence-electron chi connectivity index (χ1n) is 6.14. The van der Waals surface area contributed by atoms with Crippen molar-refractivity contribution in [2.24, 2.45) is 5.92 Å². The lowest BCUT2D eigenvalue weighted by Crippen LogP contribution is -2.21. The van der Waals surface area contributed by atoms with E-state index >= 15 is 0 Å². The van der Waals surface area contributed by atoms with Crippen molar-refractivity contribution in [3.8, 4) is 0 Å². The SMILES string of the molecule is OC[C@H](CNc1ncccn1)Cc1ccccc1Cl. The van der Waals surface area contributed by atoms with Gasteiger partial charge in [0.1, 0.15) is 0 Å². The molecule has 100 valence electrons. The molecule has 0 saturated carbocycles. The highest BCUT2D eigenvalue weighted by molar-refractivity contribution is 6.31. The third-order valence-corrected chi connectivity index (χ3v) is 3.21. The van der Waals surface area contributed by atoms with Gasteiger partial charge in [0.2, 0.25) is 5.95 Å². The quantitative estimate of drug-likeness (QED) is 0.851. The minimum Gasteiger partial charge on any atom is -0.396 e. The molecule has 4 nitrogen and oxygen atoms in total. The molecule has 0 radical (unpaired) electrons. The third kappa shape index (κ3) is 4.19. The highest BCUT2D eigenvalue weighted by Gasteiger charge is 2.11. The fourth-order valence-corrected chi connectivity index (χ4v) is 2.02. The Bertz CT molecular complexity index is 507. The smallest absolute Gasteiger partial charge is 0.222 e. The van der Waals surface area contributed by atoms with Gasteiger partial charge in [-0.1, -0.05) is 29.8 Å². The van der Waals surface area contributed by atoms with Gasteiger partial charge in [0, 0.05) is 36.5 Å². The average Bonchev–Trinajstić information content (AvgIpc) is 2.46. The van der Waals surface area contributed by atoms with E-state index in [0.717, 1.165) is 17.0 Å². The zero-order chi connectivity index (χ0) is 13.5. The Hall–Kier alpha value is -1.65. The highest BCUT2D eigenvalue weighted by Crippen LogP contribution is 2.18. The van der Waals surface area contributed by atoms with Gasteiger partial charge < -0.3 is 10.4 Å². The van der Waals surface area contributed by atoms with Crippen molar-refractivity contribution in [1.29, 1.82) is 0 Å². The van der Waals surface area contributed by atoms with Gasteiger partial charge in [-0.25, -0.2) is 9.97 Å². The van der Waals surface area contributed by atoms with Crippen LogP contribution in [0.1, 0.15) is 5.56 Å². The zero-order valence-corrected chi connectivity index (χ0v) is 11.2. The molecule has 2 rings (SSSR count). The fraction of sp³-hybridized carbons (Fsp3) is 0.286. The molecular formula is C14H16ClN3O. The second-order valence-corrected chi connectivity index (χ2v) is 4.70. The van der Waals surface area contributed by atoms with Crippen molar-refractivity contribution in [3.63, 3.8) is 0 Å². The van der Waals surface area contributed by atoms with Gasteiger partial charge >= 0.3 is 0 Å². The van der Waals surface area contributed by atoms with Crippen LogP contribution in [-0.4, -0.2) is 28.2 Å². The van der Waals surface area contributed by atoms with E-state index < -0.39 is 0 Å². The molecule has 1 aromatic carbocycles. The van der Waals surface area contributed by atoms with Crippen LogP contribution in [0.15, 0.2) is 42.7 Å². The maximum atomic E-state index is 9.43. The summed E-state index contributed by atoms with van der Waals surface area (Å²) >= 11 is 6.12. The minimum atomic E-state index is 0.0729. The van der Waals surface area contributed by atoms with Crippen LogP contribution in [0.3, 0.4) is 0 Å². The molecule has 0 spiro atoms. The Balaban J connectivity index is 1.92.